The van der Waals surface area contributed by atoms with Gasteiger partial charge in [0.05, 0.1) is 6.61 Å². The molecular weight excluding hydrogens is 210 g/mol. The standard InChI is InChI=1S/C15H25NO/c1-13(2)7-6-10-16-11-14-8-4-5-9-15(14)12-17-3/h4-5,8-9,13,16H,6-7,10-12H2,1-3H3. The van der Waals surface area contributed by atoms with Gasteiger partial charge < -0.3 is 10.1 Å². The van der Waals surface area contributed by atoms with Crippen LogP contribution in [0.5, 0.6) is 0 Å². The van der Waals surface area contributed by atoms with Crippen LogP contribution in [0.25, 0.3) is 0 Å². The molecule has 0 saturated carbocycles. The van der Waals surface area contributed by atoms with Crippen molar-refractivity contribution in [1.29, 1.82) is 0 Å². The Morgan fingerprint density at radius 1 is 1.18 bits per heavy atom. The zero-order valence-corrected chi connectivity index (χ0v) is 11.3. The molecule has 2 nitrogen and oxygen atoms in total. The lowest BCUT2D eigenvalue weighted by molar-refractivity contribution is 0.184. The van der Waals surface area contributed by atoms with Crippen LogP contribution < -0.4 is 5.32 Å². The van der Waals surface area contributed by atoms with Crippen LogP contribution >= 0.6 is 0 Å². The number of methoxy groups -OCH3 is 1. The first-order chi connectivity index (χ1) is 8.24. The Hall–Kier alpha value is -0.860. The quantitative estimate of drug-likeness (QED) is 0.698. The number of rotatable bonds is 8. The summed E-state index contributed by atoms with van der Waals surface area (Å²) >= 11 is 0. The average Bonchev–Trinajstić information content (AvgIpc) is 2.31. The first-order valence-corrected chi connectivity index (χ1v) is 6.50. The van der Waals surface area contributed by atoms with Crippen LogP contribution in [-0.4, -0.2) is 13.7 Å². The van der Waals surface area contributed by atoms with Crippen molar-refractivity contribution in [3.05, 3.63) is 35.4 Å². The number of hydrogen-bond acceptors (Lipinski definition) is 2. The molecule has 0 atom stereocenters. The molecule has 0 aromatic heterocycles. The summed E-state index contributed by atoms with van der Waals surface area (Å²) in [6.45, 7) is 7.28. The van der Waals surface area contributed by atoms with E-state index in [0.717, 1.165) is 19.0 Å². The zero-order chi connectivity index (χ0) is 12.5. The molecule has 1 N–H and O–H groups in total. The molecule has 0 aliphatic carbocycles. The highest BCUT2D eigenvalue weighted by molar-refractivity contribution is 5.26. The van der Waals surface area contributed by atoms with E-state index in [9.17, 15) is 0 Å². The number of nitrogens with one attached hydrogen (secondary N) is 1. The van der Waals surface area contributed by atoms with Crippen molar-refractivity contribution < 1.29 is 4.74 Å². The largest absolute Gasteiger partial charge is 0.380 e. The molecule has 0 unspecified atom stereocenters. The van der Waals surface area contributed by atoms with Crippen LogP contribution in [0.1, 0.15) is 37.8 Å². The molecule has 1 rings (SSSR count). The SMILES string of the molecule is COCc1ccccc1CNCCCC(C)C. The van der Waals surface area contributed by atoms with E-state index in [-0.39, 0.29) is 0 Å². The van der Waals surface area contributed by atoms with Gasteiger partial charge in [-0.25, -0.2) is 0 Å². The Kier molecular flexibility index (Phi) is 6.90. The molecule has 1 aromatic carbocycles. The number of benzene rings is 1. The fourth-order valence-electron chi connectivity index (χ4n) is 1.88. The maximum atomic E-state index is 5.20. The normalized spacial score (nSPS) is 11.1. The van der Waals surface area contributed by atoms with E-state index in [1.807, 2.05) is 0 Å². The highest BCUT2D eigenvalue weighted by Gasteiger charge is 2.00. The minimum atomic E-state index is 0.698. The second-order valence-corrected chi connectivity index (χ2v) is 4.91. The van der Waals surface area contributed by atoms with Gasteiger partial charge in [0.2, 0.25) is 0 Å². The number of hydrogen-bond donors (Lipinski definition) is 1. The number of ether oxygens (including phenoxy) is 1. The fraction of sp³-hybridized carbons (Fsp3) is 0.600. The molecule has 1 aromatic rings. The second kappa shape index (κ2) is 8.26. The van der Waals surface area contributed by atoms with Gasteiger partial charge in [-0.15, -0.1) is 0 Å². The summed E-state index contributed by atoms with van der Waals surface area (Å²) in [6, 6.07) is 8.46. The molecule has 0 radical (unpaired) electrons. The summed E-state index contributed by atoms with van der Waals surface area (Å²) in [7, 11) is 1.74. The second-order valence-electron chi connectivity index (χ2n) is 4.91. The third-order valence-electron chi connectivity index (χ3n) is 2.87. The third kappa shape index (κ3) is 5.85. The third-order valence-corrected chi connectivity index (χ3v) is 2.87. The Bertz CT molecular complexity index is 310. The van der Waals surface area contributed by atoms with Crippen LogP contribution in [0.15, 0.2) is 24.3 Å². The summed E-state index contributed by atoms with van der Waals surface area (Å²) < 4.78 is 5.20. The minimum absolute atomic E-state index is 0.698. The zero-order valence-electron chi connectivity index (χ0n) is 11.3. The molecular formula is C15H25NO. The van der Waals surface area contributed by atoms with Gasteiger partial charge in [-0.1, -0.05) is 38.1 Å². The molecule has 0 spiro atoms. The highest BCUT2D eigenvalue weighted by Crippen LogP contribution is 2.09. The Morgan fingerprint density at radius 2 is 1.88 bits per heavy atom. The van der Waals surface area contributed by atoms with Gasteiger partial charge in [-0.3, -0.25) is 0 Å². The van der Waals surface area contributed by atoms with E-state index < -0.39 is 0 Å². The summed E-state index contributed by atoms with van der Waals surface area (Å²) in [5, 5.41) is 3.50. The Balaban J connectivity index is 2.30. The molecule has 0 amide bonds. The van der Waals surface area contributed by atoms with Gasteiger partial charge in [-0.05, 0) is 36.4 Å². The molecule has 0 heterocycles. The molecule has 0 fully saturated rings. The molecule has 0 saturated heterocycles. The molecule has 17 heavy (non-hydrogen) atoms. The predicted octanol–water partition coefficient (Wildman–Crippen LogP) is 3.36. The van der Waals surface area contributed by atoms with E-state index >= 15 is 0 Å². The van der Waals surface area contributed by atoms with Crippen LogP contribution in [-0.2, 0) is 17.9 Å². The van der Waals surface area contributed by atoms with Crippen molar-refractivity contribution in [2.24, 2.45) is 5.92 Å². The lowest BCUT2D eigenvalue weighted by atomic mass is 10.1. The average molecular weight is 235 g/mol. The maximum absolute atomic E-state index is 5.20. The monoisotopic (exact) mass is 235 g/mol. The summed E-state index contributed by atoms with van der Waals surface area (Å²) in [6.07, 6.45) is 2.55. The summed E-state index contributed by atoms with van der Waals surface area (Å²) in [5.74, 6) is 0.803. The Labute approximate surface area is 105 Å². The lowest BCUT2D eigenvalue weighted by Crippen LogP contribution is -2.16. The molecule has 96 valence electrons. The van der Waals surface area contributed by atoms with E-state index in [0.29, 0.717) is 6.61 Å². The van der Waals surface area contributed by atoms with Crippen LogP contribution in [0, 0.1) is 5.92 Å². The van der Waals surface area contributed by atoms with Crippen molar-refractivity contribution in [2.45, 2.75) is 39.8 Å². The predicted molar refractivity (Wildman–Crippen MR) is 72.9 cm³/mol. The topological polar surface area (TPSA) is 21.3 Å². The van der Waals surface area contributed by atoms with E-state index in [1.165, 1.54) is 24.0 Å². The van der Waals surface area contributed by atoms with Crippen LogP contribution in [0.3, 0.4) is 0 Å². The molecule has 0 aliphatic heterocycles. The van der Waals surface area contributed by atoms with Gasteiger partial charge >= 0.3 is 0 Å². The smallest absolute Gasteiger partial charge is 0.0716 e. The lowest BCUT2D eigenvalue weighted by Gasteiger charge is -2.10. The fourth-order valence-corrected chi connectivity index (χ4v) is 1.88. The van der Waals surface area contributed by atoms with Crippen molar-refractivity contribution in [3.8, 4) is 0 Å². The van der Waals surface area contributed by atoms with Crippen molar-refractivity contribution >= 4 is 0 Å². The maximum Gasteiger partial charge on any atom is 0.0716 e. The summed E-state index contributed by atoms with van der Waals surface area (Å²) in [4.78, 5) is 0. The van der Waals surface area contributed by atoms with E-state index in [2.05, 4.69) is 43.4 Å². The van der Waals surface area contributed by atoms with Gasteiger partial charge in [0.25, 0.3) is 0 Å². The van der Waals surface area contributed by atoms with E-state index in [4.69, 9.17) is 4.74 Å². The van der Waals surface area contributed by atoms with Gasteiger partial charge in [-0.2, -0.15) is 0 Å². The van der Waals surface area contributed by atoms with Crippen LogP contribution in [0.2, 0.25) is 0 Å². The van der Waals surface area contributed by atoms with Crippen molar-refractivity contribution in [3.63, 3.8) is 0 Å². The molecule has 0 bridgehead atoms. The first-order valence-electron chi connectivity index (χ1n) is 6.50. The molecule has 2 heteroatoms. The molecule has 0 aliphatic rings. The van der Waals surface area contributed by atoms with Gasteiger partial charge in [0.15, 0.2) is 0 Å². The van der Waals surface area contributed by atoms with Gasteiger partial charge in [0, 0.05) is 13.7 Å². The van der Waals surface area contributed by atoms with Crippen molar-refractivity contribution in [2.75, 3.05) is 13.7 Å². The first kappa shape index (κ1) is 14.2. The van der Waals surface area contributed by atoms with Gasteiger partial charge in [0.1, 0.15) is 0 Å². The van der Waals surface area contributed by atoms with E-state index in [1.54, 1.807) is 7.11 Å². The van der Waals surface area contributed by atoms with Crippen LogP contribution in [0.4, 0.5) is 0 Å². The highest BCUT2D eigenvalue weighted by atomic mass is 16.5. The summed E-state index contributed by atoms with van der Waals surface area (Å²) in [5.41, 5.74) is 2.63. The minimum Gasteiger partial charge on any atom is -0.380 e. The Morgan fingerprint density at radius 3 is 2.53 bits per heavy atom. The van der Waals surface area contributed by atoms with Crippen molar-refractivity contribution in [1.82, 2.24) is 5.32 Å².